The Bertz CT molecular complexity index is 591. The number of halogens is 1. The van der Waals surface area contributed by atoms with Crippen molar-refractivity contribution < 1.29 is 0 Å². The molecule has 0 unspecified atom stereocenters. The molecule has 6 heteroatoms. The fourth-order valence-electron chi connectivity index (χ4n) is 1.57. The number of thiophene rings is 1. The van der Waals surface area contributed by atoms with Crippen molar-refractivity contribution in [2.45, 2.75) is 19.8 Å². The van der Waals surface area contributed by atoms with Crippen LogP contribution in [-0.2, 0) is 6.42 Å². The van der Waals surface area contributed by atoms with E-state index in [-0.39, 0.29) is 5.56 Å². The molecule has 0 aliphatic rings. The standard InChI is InChI=1S/C11H12BrN3OS/c1-2-3-6-9(13)14-10(15-11(6)16)7-4-5-8(12)17-7/h4-5H,2-3H2,1H3,(H3,13,14,15,16). The van der Waals surface area contributed by atoms with E-state index < -0.39 is 0 Å². The van der Waals surface area contributed by atoms with E-state index in [1.54, 1.807) is 0 Å². The predicted molar refractivity (Wildman–Crippen MR) is 74.3 cm³/mol. The molecule has 0 spiro atoms. The minimum atomic E-state index is -0.140. The Labute approximate surface area is 111 Å². The predicted octanol–water partition coefficient (Wildman–Crippen LogP) is 2.80. The maximum Gasteiger partial charge on any atom is 0.256 e. The summed E-state index contributed by atoms with van der Waals surface area (Å²) in [5, 5.41) is 0. The molecule has 2 aromatic heterocycles. The van der Waals surface area contributed by atoms with Gasteiger partial charge < -0.3 is 10.7 Å². The first-order valence-electron chi connectivity index (χ1n) is 5.26. The van der Waals surface area contributed by atoms with Gasteiger partial charge in [-0.3, -0.25) is 4.79 Å². The number of nitrogens with zero attached hydrogens (tertiary/aromatic N) is 1. The lowest BCUT2D eigenvalue weighted by molar-refractivity contribution is 0.892. The van der Waals surface area contributed by atoms with E-state index in [0.29, 0.717) is 23.6 Å². The van der Waals surface area contributed by atoms with Gasteiger partial charge in [0.1, 0.15) is 5.82 Å². The van der Waals surface area contributed by atoms with Crippen molar-refractivity contribution in [1.29, 1.82) is 0 Å². The van der Waals surface area contributed by atoms with Crippen LogP contribution in [0.2, 0.25) is 0 Å². The molecule has 0 radical (unpaired) electrons. The van der Waals surface area contributed by atoms with Gasteiger partial charge in [-0.25, -0.2) is 4.98 Å². The Morgan fingerprint density at radius 3 is 2.82 bits per heavy atom. The van der Waals surface area contributed by atoms with Crippen LogP contribution in [0.5, 0.6) is 0 Å². The molecule has 0 aromatic carbocycles. The topological polar surface area (TPSA) is 71.8 Å². The Balaban J connectivity index is 2.49. The van der Waals surface area contributed by atoms with Gasteiger partial charge in [0, 0.05) is 0 Å². The largest absolute Gasteiger partial charge is 0.383 e. The van der Waals surface area contributed by atoms with E-state index in [2.05, 4.69) is 25.9 Å². The van der Waals surface area contributed by atoms with Gasteiger partial charge in [-0.2, -0.15) is 0 Å². The smallest absolute Gasteiger partial charge is 0.256 e. The summed E-state index contributed by atoms with van der Waals surface area (Å²) >= 11 is 4.88. The highest BCUT2D eigenvalue weighted by atomic mass is 79.9. The third kappa shape index (κ3) is 2.58. The molecule has 0 aliphatic carbocycles. The maximum absolute atomic E-state index is 11.8. The number of nitrogens with one attached hydrogen (secondary N) is 1. The molecular weight excluding hydrogens is 302 g/mol. The first-order chi connectivity index (χ1) is 8.11. The Kier molecular flexibility index (Phi) is 3.63. The summed E-state index contributed by atoms with van der Waals surface area (Å²) in [5.41, 5.74) is 6.25. The number of nitrogen functional groups attached to an aromatic ring is 1. The summed E-state index contributed by atoms with van der Waals surface area (Å²) in [6, 6.07) is 3.81. The zero-order valence-corrected chi connectivity index (χ0v) is 11.7. The van der Waals surface area contributed by atoms with E-state index in [1.807, 2.05) is 19.1 Å². The molecular formula is C11H12BrN3OS. The van der Waals surface area contributed by atoms with E-state index in [1.165, 1.54) is 11.3 Å². The molecule has 0 saturated carbocycles. The van der Waals surface area contributed by atoms with E-state index >= 15 is 0 Å². The Morgan fingerprint density at radius 2 is 2.29 bits per heavy atom. The van der Waals surface area contributed by atoms with Gasteiger partial charge in [-0.05, 0) is 34.5 Å². The van der Waals surface area contributed by atoms with Crippen molar-refractivity contribution in [3.8, 4) is 10.7 Å². The van der Waals surface area contributed by atoms with Crippen molar-refractivity contribution in [1.82, 2.24) is 9.97 Å². The van der Waals surface area contributed by atoms with Gasteiger partial charge in [0.2, 0.25) is 0 Å². The first kappa shape index (κ1) is 12.3. The third-order valence-corrected chi connectivity index (χ3v) is 3.98. The summed E-state index contributed by atoms with van der Waals surface area (Å²) < 4.78 is 0.992. The van der Waals surface area contributed by atoms with Crippen LogP contribution in [0, 0.1) is 0 Å². The van der Waals surface area contributed by atoms with Gasteiger partial charge in [0.25, 0.3) is 5.56 Å². The highest BCUT2D eigenvalue weighted by Crippen LogP contribution is 2.29. The summed E-state index contributed by atoms with van der Waals surface area (Å²) in [5.74, 6) is 0.859. The van der Waals surface area contributed by atoms with Crippen LogP contribution in [0.15, 0.2) is 20.7 Å². The number of rotatable bonds is 3. The second-order valence-corrected chi connectivity index (χ2v) is 6.10. The molecule has 0 bridgehead atoms. The summed E-state index contributed by atoms with van der Waals surface area (Å²) in [4.78, 5) is 19.8. The number of anilines is 1. The highest BCUT2D eigenvalue weighted by molar-refractivity contribution is 9.11. The van der Waals surface area contributed by atoms with Gasteiger partial charge >= 0.3 is 0 Å². The summed E-state index contributed by atoms with van der Waals surface area (Å²) in [6.45, 7) is 2.00. The van der Waals surface area contributed by atoms with Crippen LogP contribution >= 0.6 is 27.3 Å². The van der Waals surface area contributed by atoms with Crippen molar-refractivity contribution in [3.63, 3.8) is 0 Å². The Morgan fingerprint density at radius 1 is 1.53 bits per heavy atom. The van der Waals surface area contributed by atoms with Crippen LogP contribution < -0.4 is 11.3 Å². The van der Waals surface area contributed by atoms with Gasteiger partial charge in [-0.1, -0.05) is 13.3 Å². The zero-order valence-electron chi connectivity index (χ0n) is 9.29. The molecule has 0 amide bonds. The van der Waals surface area contributed by atoms with E-state index in [9.17, 15) is 4.79 Å². The molecule has 0 atom stereocenters. The number of hydrogen-bond acceptors (Lipinski definition) is 4. The van der Waals surface area contributed by atoms with Crippen LogP contribution in [-0.4, -0.2) is 9.97 Å². The number of aromatic amines is 1. The second-order valence-electron chi connectivity index (χ2n) is 3.63. The minimum Gasteiger partial charge on any atom is -0.383 e. The quantitative estimate of drug-likeness (QED) is 0.915. The lowest BCUT2D eigenvalue weighted by Crippen LogP contribution is -2.17. The molecule has 0 aliphatic heterocycles. The second kappa shape index (κ2) is 5.01. The molecule has 2 aromatic rings. The molecule has 90 valence electrons. The monoisotopic (exact) mass is 313 g/mol. The highest BCUT2D eigenvalue weighted by Gasteiger charge is 2.10. The maximum atomic E-state index is 11.8. The number of H-pyrrole nitrogens is 1. The summed E-state index contributed by atoms with van der Waals surface area (Å²) in [6.07, 6.45) is 1.53. The van der Waals surface area contributed by atoms with Crippen molar-refractivity contribution in [2.24, 2.45) is 0 Å². The summed E-state index contributed by atoms with van der Waals surface area (Å²) in [7, 11) is 0. The van der Waals surface area contributed by atoms with Gasteiger partial charge in [-0.15, -0.1) is 11.3 Å². The molecule has 3 N–H and O–H groups in total. The van der Waals surface area contributed by atoms with Crippen molar-refractivity contribution in [2.75, 3.05) is 5.73 Å². The van der Waals surface area contributed by atoms with Crippen LogP contribution in [0.1, 0.15) is 18.9 Å². The molecule has 2 heterocycles. The average molecular weight is 314 g/mol. The number of hydrogen-bond donors (Lipinski definition) is 2. The minimum absolute atomic E-state index is 0.140. The molecule has 0 saturated heterocycles. The van der Waals surface area contributed by atoms with Crippen LogP contribution in [0.3, 0.4) is 0 Å². The Hall–Kier alpha value is -1.14. The molecule has 2 rings (SSSR count). The number of nitrogens with two attached hydrogens (primary N) is 1. The molecule has 17 heavy (non-hydrogen) atoms. The zero-order chi connectivity index (χ0) is 12.4. The van der Waals surface area contributed by atoms with Crippen molar-refractivity contribution in [3.05, 3.63) is 31.8 Å². The van der Waals surface area contributed by atoms with Gasteiger partial charge in [0.15, 0.2) is 5.82 Å². The average Bonchev–Trinajstić information content (AvgIpc) is 2.70. The fourth-order valence-corrected chi connectivity index (χ4v) is 2.90. The lowest BCUT2D eigenvalue weighted by Gasteiger charge is -2.04. The lowest BCUT2D eigenvalue weighted by atomic mass is 10.2. The van der Waals surface area contributed by atoms with E-state index in [0.717, 1.165) is 15.1 Å². The van der Waals surface area contributed by atoms with Crippen LogP contribution in [0.4, 0.5) is 5.82 Å². The first-order valence-corrected chi connectivity index (χ1v) is 6.87. The number of aromatic nitrogens is 2. The molecule has 4 nitrogen and oxygen atoms in total. The fraction of sp³-hybridized carbons (Fsp3) is 0.273. The molecule has 0 fully saturated rings. The van der Waals surface area contributed by atoms with Crippen molar-refractivity contribution >= 4 is 33.1 Å². The normalized spacial score (nSPS) is 10.7. The van der Waals surface area contributed by atoms with E-state index in [4.69, 9.17) is 5.73 Å². The SMILES string of the molecule is CCCc1c(N)nc(-c2ccc(Br)s2)[nH]c1=O. The van der Waals surface area contributed by atoms with Crippen LogP contribution in [0.25, 0.3) is 10.7 Å². The van der Waals surface area contributed by atoms with Gasteiger partial charge in [0.05, 0.1) is 14.2 Å². The third-order valence-electron chi connectivity index (χ3n) is 2.35.